The Bertz CT molecular complexity index is 957. The van der Waals surface area contributed by atoms with Crippen LogP contribution in [-0.2, 0) is 14.3 Å². The number of nitrogens with one attached hydrogen (secondary N) is 3. The highest BCUT2D eigenvalue weighted by atomic mass is 16.6. The van der Waals surface area contributed by atoms with E-state index in [0.29, 0.717) is 11.4 Å². The van der Waals surface area contributed by atoms with E-state index >= 15 is 0 Å². The Morgan fingerprint density at radius 1 is 1.06 bits per heavy atom. The van der Waals surface area contributed by atoms with Gasteiger partial charge in [0.05, 0.1) is 13.0 Å². The minimum atomic E-state index is -1.87. The molecule has 2 aliphatic rings. The van der Waals surface area contributed by atoms with Crippen molar-refractivity contribution >= 4 is 29.8 Å². The number of hydrogen-bond donors (Lipinski definition) is 5. The van der Waals surface area contributed by atoms with Crippen LogP contribution in [0.15, 0.2) is 24.3 Å². The molecule has 0 spiro atoms. The molecule has 0 aliphatic heterocycles. The lowest BCUT2D eigenvalue weighted by Crippen LogP contribution is -2.58. The second kappa shape index (κ2) is 11.5. The highest BCUT2D eigenvalue weighted by molar-refractivity contribution is 5.92. The number of carbonyl (C=O) groups excluding carboxylic acids is 2. The number of unbranched alkanes of at least 4 members (excludes halogenated alkanes) is 1. The summed E-state index contributed by atoms with van der Waals surface area (Å²) in [7, 11) is 1.51. The van der Waals surface area contributed by atoms with Crippen molar-refractivity contribution in [3.8, 4) is 5.75 Å². The molecular weight excluding hydrogens is 470 g/mol. The molecule has 3 amide bonds. The smallest absolute Gasteiger partial charge is 0.408 e. The van der Waals surface area contributed by atoms with Crippen molar-refractivity contribution < 1.29 is 38.9 Å². The number of carbonyl (C=O) groups is 4. The van der Waals surface area contributed by atoms with Gasteiger partial charge in [0.2, 0.25) is 0 Å². The van der Waals surface area contributed by atoms with E-state index in [1.165, 1.54) is 20.0 Å². The molecule has 3 rings (SSSR count). The van der Waals surface area contributed by atoms with Crippen molar-refractivity contribution in [2.75, 3.05) is 12.4 Å². The third-order valence-corrected chi connectivity index (χ3v) is 6.21. The Labute approximate surface area is 210 Å². The first-order valence-electron chi connectivity index (χ1n) is 12.0. The van der Waals surface area contributed by atoms with Crippen molar-refractivity contribution in [1.82, 2.24) is 10.6 Å². The van der Waals surface area contributed by atoms with Gasteiger partial charge in [-0.3, -0.25) is 4.79 Å². The molecule has 0 heterocycles. The SMILES string of the molecule is CCCC.COc1ccc(NC(=O)NC2CC(NC(=O)OC(C)(C)C)(C(=O)O)C3C(C(=O)O)C23)cc1. The molecule has 5 atom stereocenters. The van der Waals surface area contributed by atoms with Gasteiger partial charge in [-0.1, -0.05) is 26.7 Å². The van der Waals surface area contributed by atoms with Crippen LogP contribution < -0.4 is 20.7 Å². The summed E-state index contributed by atoms with van der Waals surface area (Å²) in [5, 5.41) is 27.2. The molecule has 11 nitrogen and oxygen atoms in total. The minimum absolute atomic E-state index is 0.170. The van der Waals surface area contributed by atoms with Gasteiger partial charge in [-0.2, -0.15) is 0 Å². The van der Waals surface area contributed by atoms with E-state index in [2.05, 4.69) is 29.8 Å². The van der Waals surface area contributed by atoms with Crippen molar-refractivity contribution in [3.05, 3.63) is 24.3 Å². The Kier molecular flexibility index (Phi) is 9.17. The number of amides is 3. The fraction of sp³-hybridized carbons (Fsp3) is 0.600. The zero-order chi connectivity index (χ0) is 27.3. The summed E-state index contributed by atoms with van der Waals surface area (Å²) < 4.78 is 10.2. The third-order valence-electron chi connectivity index (χ3n) is 6.21. The summed E-state index contributed by atoms with van der Waals surface area (Å²) in [4.78, 5) is 48.7. The number of fused-ring (bicyclic) bond motifs is 1. The predicted molar refractivity (Wildman–Crippen MR) is 132 cm³/mol. The maximum atomic E-state index is 12.5. The minimum Gasteiger partial charge on any atom is -0.497 e. The third kappa shape index (κ3) is 6.79. The molecule has 5 N–H and O–H groups in total. The van der Waals surface area contributed by atoms with E-state index < -0.39 is 59.0 Å². The highest BCUT2D eigenvalue weighted by Gasteiger charge is 2.76. The van der Waals surface area contributed by atoms with E-state index in [1.807, 2.05) is 0 Å². The molecule has 0 radical (unpaired) electrons. The molecule has 2 saturated carbocycles. The molecule has 36 heavy (non-hydrogen) atoms. The van der Waals surface area contributed by atoms with Gasteiger partial charge in [0.1, 0.15) is 16.9 Å². The lowest BCUT2D eigenvalue weighted by molar-refractivity contribution is -0.147. The number of ether oxygens (including phenoxy) is 2. The fourth-order valence-corrected chi connectivity index (χ4v) is 4.47. The van der Waals surface area contributed by atoms with Crippen LogP contribution in [0, 0.1) is 17.8 Å². The summed E-state index contributed by atoms with van der Waals surface area (Å²) in [5.74, 6) is -4.48. The quantitative estimate of drug-likeness (QED) is 0.373. The zero-order valence-corrected chi connectivity index (χ0v) is 21.6. The summed E-state index contributed by atoms with van der Waals surface area (Å²) in [6, 6.07) is 5.17. The molecule has 1 aromatic rings. The van der Waals surface area contributed by atoms with Crippen molar-refractivity contribution in [2.45, 2.75) is 71.1 Å². The molecule has 2 aliphatic carbocycles. The molecule has 0 saturated heterocycles. The van der Waals surface area contributed by atoms with Gasteiger partial charge in [0, 0.05) is 24.1 Å². The van der Waals surface area contributed by atoms with Crippen LogP contribution in [0.1, 0.15) is 53.9 Å². The Hall–Kier alpha value is -3.50. The van der Waals surface area contributed by atoms with Gasteiger partial charge in [0.15, 0.2) is 0 Å². The van der Waals surface area contributed by atoms with Crippen LogP contribution in [0.3, 0.4) is 0 Å². The second-order valence-electron chi connectivity index (χ2n) is 10.0. The number of rotatable bonds is 7. The van der Waals surface area contributed by atoms with Crippen LogP contribution in [-0.4, -0.2) is 58.6 Å². The molecule has 0 bridgehead atoms. The van der Waals surface area contributed by atoms with E-state index in [1.54, 1.807) is 45.0 Å². The van der Waals surface area contributed by atoms with Gasteiger partial charge < -0.3 is 35.6 Å². The summed E-state index contributed by atoms with van der Waals surface area (Å²) in [5.41, 5.74) is -2.26. The highest BCUT2D eigenvalue weighted by Crippen LogP contribution is 2.62. The standard InChI is InChI=1S/C21H27N3O8.C4H10/c1-20(2,3)32-19(30)24-21(17(27)28)9-12(13-14(15(13)21)16(25)26)23-18(29)22-10-5-7-11(31-4)8-6-10;1-3-4-2/h5-8,12-15H,9H2,1-4H3,(H,24,30)(H,25,26)(H,27,28)(H2,22,23,29);3-4H2,1-2H3. The molecule has 0 aromatic heterocycles. The number of methoxy groups -OCH3 is 1. The summed E-state index contributed by atoms with van der Waals surface area (Å²) >= 11 is 0. The number of anilines is 1. The van der Waals surface area contributed by atoms with E-state index in [9.17, 15) is 29.4 Å². The van der Waals surface area contributed by atoms with Gasteiger partial charge in [-0.15, -0.1) is 0 Å². The van der Waals surface area contributed by atoms with Gasteiger partial charge >= 0.3 is 24.1 Å². The fourth-order valence-electron chi connectivity index (χ4n) is 4.47. The normalized spacial score (nSPS) is 25.8. The number of carboxylic acids is 2. The zero-order valence-electron chi connectivity index (χ0n) is 21.6. The van der Waals surface area contributed by atoms with Crippen LogP contribution in [0.25, 0.3) is 0 Å². The number of carboxylic acid groups (broad SMARTS) is 2. The van der Waals surface area contributed by atoms with Crippen LogP contribution in [0.5, 0.6) is 5.75 Å². The molecule has 2 fully saturated rings. The Morgan fingerprint density at radius 3 is 2.08 bits per heavy atom. The van der Waals surface area contributed by atoms with E-state index in [4.69, 9.17) is 9.47 Å². The van der Waals surface area contributed by atoms with Crippen LogP contribution in [0.4, 0.5) is 15.3 Å². The first kappa shape index (κ1) is 28.7. The number of hydrogen-bond acceptors (Lipinski definition) is 6. The monoisotopic (exact) mass is 507 g/mol. The number of urea groups is 1. The lowest BCUT2D eigenvalue weighted by atomic mass is 9.89. The van der Waals surface area contributed by atoms with Gasteiger partial charge in [0.25, 0.3) is 0 Å². The number of aliphatic carboxylic acids is 2. The Morgan fingerprint density at radius 2 is 1.64 bits per heavy atom. The van der Waals surface area contributed by atoms with Crippen LogP contribution in [0.2, 0.25) is 0 Å². The van der Waals surface area contributed by atoms with Gasteiger partial charge in [-0.25, -0.2) is 14.4 Å². The van der Waals surface area contributed by atoms with E-state index in [-0.39, 0.29) is 6.42 Å². The predicted octanol–water partition coefficient (Wildman–Crippen LogP) is 3.69. The first-order valence-corrected chi connectivity index (χ1v) is 12.0. The maximum Gasteiger partial charge on any atom is 0.408 e. The first-order chi connectivity index (χ1) is 16.8. The number of alkyl carbamates (subject to hydrolysis) is 1. The molecular formula is C25H37N3O8. The van der Waals surface area contributed by atoms with E-state index in [0.717, 1.165) is 0 Å². The van der Waals surface area contributed by atoms with Crippen molar-refractivity contribution in [1.29, 1.82) is 0 Å². The lowest BCUT2D eigenvalue weighted by Gasteiger charge is -2.31. The Balaban J connectivity index is 0.00000106. The average molecular weight is 508 g/mol. The van der Waals surface area contributed by atoms with Crippen LogP contribution >= 0.6 is 0 Å². The largest absolute Gasteiger partial charge is 0.497 e. The van der Waals surface area contributed by atoms with Crippen molar-refractivity contribution in [2.24, 2.45) is 17.8 Å². The summed E-state index contributed by atoms with van der Waals surface area (Å²) in [6.45, 7) is 9.24. The van der Waals surface area contributed by atoms with Gasteiger partial charge in [-0.05, 0) is 51.0 Å². The van der Waals surface area contributed by atoms with Crippen molar-refractivity contribution in [3.63, 3.8) is 0 Å². The topological polar surface area (TPSA) is 163 Å². The molecule has 5 unspecified atom stereocenters. The second-order valence-corrected chi connectivity index (χ2v) is 10.0. The summed E-state index contributed by atoms with van der Waals surface area (Å²) in [6.07, 6.45) is 1.51. The number of benzene rings is 1. The molecule has 200 valence electrons. The molecule has 11 heteroatoms. The molecule has 1 aromatic carbocycles. The average Bonchev–Trinajstić information content (AvgIpc) is 3.47. The maximum absolute atomic E-state index is 12.5.